The number of hydrogen-bond acceptors (Lipinski definition) is 5. The Morgan fingerprint density at radius 1 is 1.11 bits per heavy atom. The van der Waals surface area contributed by atoms with Gasteiger partial charge >= 0.3 is 0 Å². The van der Waals surface area contributed by atoms with E-state index in [-0.39, 0.29) is 17.2 Å². The number of nitrogens with zero attached hydrogens (tertiary/aromatic N) is 1. The van der Waals surface area contributed by atoms with E-state index in [9.17, 15) is 16.8 Å². The maximum absolute atomic E-state index is 12.7. The van der Waals surface area contributed by atoms with Gasteiger partial charge < -0.3 is 4.74 Å². The lowest BCUT2D eigenvalue weighted by molar-refractivity contribution is 0.414. The van der Waals surface area contributed by atoms with Crippen molar-refractivity contribution in [2.45, 2.75) is 31.2 Å². The van der Waals surface area contributed by atoms with Crippen LogP contribution in [-0.4, -0.2) is 36.2 Å². The van der Waals surface area contributed by atoms with Crippen LogP contribution in [0.3, 0.4) is 0 Å². The Balaban J connectivity index is 1.78. The van der Waals surface area contributed by atoms with Gasteiger partial charge in [-0.15, -0.1) is 0 Å². The van der Waals surface area contributed by atoms with Crippen molar-refractivity contribution >= 4 is 25.7 Å². The fourth-order valence-corrected chi connectivity index (χ4v) is 6.04. The minimum Gasteiger partial charge on any atom is -0.497 e. The van der Waals surface area contributed by atoms with E-state index in [2.05, 4.69) is 4.72 Å². The molecule has 0 bridgehead atoms. The van der Waals surface area contributed by atoms with Crippen LogP contribution in [0, 0.1) is 6.92 Å². The van der Waals surface area contributed by atoms with Crippen molar-refractivity contribution < 1.29 is 21.6 Å². The van der Waals surface area contributed by atoms with Gasteiger partial charge in [0, 0.05) is 13.1 Å². The Labute approximate surface area is 166 Å². The zero-order chi connectivity index (χ0) is 20.4. The normalized spacial score (nSPS) is 16.7. The van der Waals surface area contributed by atoms with Gasteiger partial charge in [0.15, 0.2) is 0 Å². The van der Waals surface area contributed by atoms with Crippen molar-refractivity contribution in [3.05, 3.63) is 53.6 Å². The molecule has 1 heterocycles. The highest BCUT2D eigenvalue weighted by molar-refractivity contribution is 7.92. The van der Waals surface area contributed by atoms with Gasteiger partial charge in [-0.05, 0) is 61.2 Å². The minimum atomic E-state index is -3.73. The van der Waals surface area contributed by atoms with E-state index in [1.807, 2.05) is 0 Å². The maximum Gasteiger partial charge on any atom is 0.241 e. The molecule has 0 saturated carbocycles. The van der Waals surface area contributed by atoms with Crippen molar-refractivity contribution in [1.82, 2.24) is 4.72 Å². The van der Waals surface area contributed by atoms with E-state index >= 15 is 0 Å². The molecule has 3 rings (SSSR count). The van der Waals surface area contributed by atoms with E-state index in [0.29, 0.717) is 30.0 Å². The molecule has 1 N–H and O–H groups in total. The van der Waals surface area contributed by atoms with Crippen LogP contribution < -0.4 is 13.8 Å². The number of aryl methyl sites for hydroxylation is 1. The van der Waals surface area contributed by atoms with Crippen LogP contribution in [0.15, 0.2) is 47.4 Å². The molecule has 152 valence electrons. The molecule has 28 heavy (non-hydrogen) atoms. The second-order valence-corrected chi connectivity index (χ2v) is 10.5. The average Bonchev–Trinajstić information content (AvgIpc) is 2.66. The number of hydrogen-bond donors (Lipinski definition) is 1. The Kier molecular flexibility index (Phi) is 5.97. The lowest BCUT2D eigenvalue weighted by atomic mass is 10.2. The molecule has 0 amide bonds. The monoisotopic (exact) mass is 424 g/mol. The number of rotatable bonds is 6. The molecular formula is C19H24N2O5S2. The van der Waals surface area contributed by atoms with Gasteiger partial charge in [0.1, 0.15) is 5.75 Å². The first-order chi connectivity index (χ1) is 13.2. The second kappa shape index (κ2) is 8.10. The molecule has 1 aliphatic rings. The van der Waals surface area contributed by atoms with Crippen LogP contribution in [0.5, 0.6) is 5.75 Å². The third-order valence-corrected chi connectivity index (χ3v) is 8.14. The van der Waals surface area contributed by atoms with Crippen LogP contribution in [-0.2, 0) is 26.6 Å². The topological polar surface area (TPSA) is 92.8 Å². The smallest absolute Gasteiger partial charge is 0.241 e. The SMILES string of the molecule is COc1ccc(CNS(=O)(=O)c2ccc(N3CCCCS3(=O)=O)cc2C)cc1. The first kappa shape index (κ1) is 20.6. The highest BCUT2D eigenvalue weighted by Crippen LogP contribution is 2.27. The molecule has 0 aromatic heterocycles. The quantitative estimate of drug-likeness (QED) is 0.769. The fourth-order valence-electron chi connectivity index (χ4n) is 3.17. The molecule has 9 heteroatoms. The van der Waals surface area contributed by atoms with Crippen LogP contribution in [0.1, 0.15) is 24.0 Å². The molecule has 1 aliphatic heterocycles. The van der Waals surface area contributed by atoms with Gasteiger partial charge in [0.25, 0.3) is 0 Å². The first-order valence-electron chi connectivity index (χ1n) is 8.96. The van der Waals surface area contributed by atoms with Crippen molar-refractivity contribution in [2.24, 2.45) is 0 Å². The molecule has 7 nitrogen and oxygen atoms in total. The van der Waals surface area contributed by atoms with E-state index in [0.717, 1.165) is 12.0 Å². The standard InChI is InChI=1S/C19H24N2O5S2/c1-15-13-17(21-11-3-4-12-27(21,22)23)7-10-19(15)28(24,25)20-14-16-5-8-18(26-2)9-6-16/h5-10,13,20H,3-4,11-12,14H2,1-2H3. The predicted octanol–water partition coefficient (Wildman–Crippen LogP) is 2.41. The molecule has 0 unspecified atom stereocenters. The number of methoxy groups -OCH3 is 1. The number of nitrogens with one attached hydrogen (secondary N) is 1. The van der Waals surface area contributed by atoms with Crippen LogP contribution in [0.25, 0.3) is 0 Å². The molecule has 0 atom stereocenters. The Morgan fingerprint density at radius 2 is 1.82 bits per heavy atom. The first-order valence-corrected chi connectivity index (χ1v) is 12.1. The molecule has 2 aromatic rings. The summed E-state index contributed by atoms with van der Waals surface area (Å²) in [5, 5.41) is 0. The summed E-state index contributed by atoms with van der Waals surface area (Å²) in [4.78, 5) is 0.138. The zero-order valence-corrected chi connectivity index (χ0v) is 17.5. The predicted molar refractivity (Wildman–Crippen MR) is 109 cm³/mol. The number of ether oxygens (including phenoxy) is 1. The highest BCUT2D eigenvalue weighted by Gasteiger charge is 2.27. The third-order valence-electron chi connectivity index (χ3n) is 4.71. The van der Waals surface area contributed by atoms with Crippen LogP contribution >= 0.6 is 0 Å². The number of anilines is 1. The Morgan fingerprint density at radius 3 is 2.43 bits per heavy atom. The minimum absolute atomic E-state index is 0.121. The molecule has 2 aromatic carbocycles. The van der Waals surface area contributed by atoms with Crippen LogP contribution in [0.4, 0.5) is 5.69 Å². The Hall–Kier alpha value is -2.10. The summed E-state index contributed by atoms with van der Waals surface area (Å²) in [5.41, 5.74) is 1.81. The van der Waals surface area contributed by atoms with E-state index < -0.39 is 20.0 Å². The van der Waals surface area contributed by atoms with Gasteiger partial charge in [0.05, 0.1) is 23.4 Å². The lowest BCUT2D eigenvalue weighted by Crippen LogP contribution is -2.37. The summed E-state index contributed by atoms with van der Waals surface area (Å²) in [6.07, 6.45) is 1.45. The number of sulfonamides is 2. The van der Waals surface area contributed by atoms with Crippen molar-refractivity contribution in [1.29, 1.82) is 0 Å². The van der Waals surface area contributed by atoms with Gasteiger partial charge in [-0.25, -0.2) is 21.6 Å². The molecular weight excluding hydrogens is 400 g/mol. The maximum atomic E-state index is 12.7. The summed E-state index contributed by atoms with van der Waals surface area (Å²) >= 11 is 0. The lowest BCUT2D eigenvalue weighted by Gasteiger charge is -2.28. The highest BCUT2D eigenvalue weighted by atomic mass is 32.2. The zero-order valence-electron chi connectivity index (χ0n) is 15.9. The molecule has 1 fully saturated rings. The van der Waals surface area contributed by atoms with Gasteiger partial charge in [-0.1, -0.05) is 12.1 Å². The van der Waals surface area contributed by atoms with Gasteiger partial charge in [-0.3, -0.25) is 4.31 Å². The third kappa shape index (κ3) is 4.48. The summed E-state index contributed by atoms with van der Waals surface area (Å²) in [6, 6.07) is 11.7. The van der Waals surface area contributed by atoms with E-state index in [1.54, 1.807) is 50.4 Å². The van der Waals surface area contributed by atoms with Gasteiger partial charge in [0.2, 0.25) is 20.0 Å². The second-order valence-electron chi connectivity index (χ2n) is 6.72. The Bertz CT molecular complexity index is 1050. The summed E-state index contributed by atoms with van der Waals surface area (Å²) in [6.45, 7) is 2.24. The summed E-state index contributed by atoms with van der Waals surface area (Å²) < 4.78 is 59.0. The molecule has 1 saturated heterocycles. The number of benzene rings is 2. The van der Waals surface area contributed by atoms with Gasteiger partial charge in [-0.2, -0.15) is 0 Å². The van der Waals surface area contributed by atoms with E-state index in [4.69, 9.17) is 4.74 Å². The van der Waals surface area contributed by atoms with Crippen molar-refractivity contribution in [2.75, 3.05) is 23.7 Å². The molecule has 0 spiro atoms. The molecule has 0 aliphatic carbocycles. The average molecular weight is 425 g/mol. The summed E-state index contributed by atoms with van der Waals surface area (Å²) in [5.74, 6) is 0.820. The van der Waals surface area contributed by atoms with E-state index in [1.165, 1.54) is 10.4 Å². The van der Waals surface area contributed by atoms with Crippen molar-refractivity contribution in [3.63, 3.8) is 0 Å². The summed E-state index contributed by atoms with van der Waals surface area (Å²) in [7, 11) is -5.50. The van der Waals surface area contributed by atoms with Crippen LogP contribution in [0.2, 0.25) is 0 Å². The van der Waals surface area contributed by atoms with Crippen molar-refractivity contribution in [3.8, 4) is 5.75 Å². The fraction of sp³-hybridized carbons (Fsp3) is 0.368. The molecule has 0 radical (unpaired) electrons. The largest absolute Gasteiger partial charge is 0.497 e.